The van der Waals surface area contributed by atoms with Crippen LogP contribution >= 0.6 is 0 Å². The molecule has 0 saturated carbocycles. The number of rotatable bonds is 3. The maximum absolute atomic E-state index is 10.2. The van der Waals surface area contributed by atoms with E-state index in [0.29, 0.717) is 31.2 Å². The summed E-state index contributed by atoms with van der Waals surface area (Å²) in [4.78, 5) is 4.11. The van der Waals surface area contributed by atoms with Crippen molar-refractivity contribution in [2.75, 3.05) is 24.2 Å². The average Bonchev–Trinajstić information content (AvgIpc) is 2.58. The smallest absolute Gasteiger partial charge is 0.128 e. The second-order valence-corrected chi connectivity index (χ2v) is 4.17. The lowest BCUT2D eigenvalue weighted by Crippen LogP contribution is -2.43. The Kier molecular flexibility index (Phi) is 2.98. The van der Waals surface area contributed by atoms with E-state index in [-0.39, 0.29) is 6.10 Å². The first-order chi connectivity index (χ1) is 7.60. The Hall–Kier alpha value is -1.33. The summed E-state index contributed by atoms with van der Waals surface area (Å²) in [7, 11) is 0. The Morgan fingerprint density at radius 1 is 1.69 bits per heavy atom. The molecule has 1 fully saturated rings. The van der Waals surface area contributed by atoms with Crippen LogP contribution in [0.2, 0.25) is 0 Å². The average molecular weight is 223 g/mol. The third kappa shape index (κ3) is 2.25. The Labute approximate surface area is 94.6 Å². The van der Waals surface area contributed by atoms with Gasteiger partial charge in [0.1, 0.15) is 17.2 Å². The molecule has 1 saturated heterocycles. The number of hydrogen-bond donors (Lipinski definition) is 3. The molecule has 88 valence electrons. The number of nitrogens with one attached hydrogen (secondary N) is 1. The molecule has 0 amide bonds. The summed E-state index contributed by atoms with van der Waals surface area (Å²) in [6.07, 6.45) is 0.491. The first kappa shape index (κ1) is 11.2. The molecular formula is C11H17N3O2. The SMILES string of the molecule is CC1OCCC1(O)CNc1cccc(N)n1. The van der Waals surface area contributed by atoms with Crippen LogP contribution in [0.3, 0.4) is 0 Å². The van der Waals surface area contributed by atoms with Crippen LogP contribution in [0.1, 0.15) is 13.3 Å². The Balaban J connectivity index is 1.97. The standard InChI is InChI=1S/C11H17N3O2/c1-8-11(15,5-6-16-8)7-13-10-4-2-3-9(12)14-10/h2-4,8,15H,5-7H2,1H3,(H3,12,13,14). The predicted molar refractivity (Wildman–Crippen MR) is 62.1 cm³/mol. The van der Waals surface area contributed by atoms with Gasteiger partial charge in [-0.2, -0.15) is 0 Å². The number of nitrogen functional groups attached to an aromatic ring is 1. The number of nitrogens with zero attached hydrogens (tertiary/aromatic N) is 1. The van der Waals surface area contributed by atoms with Crippen molar-refractivity contribution in [2.45, 2.75) is 25.0 Å². The van der Waals surface area contributed by atoms with Crippen LogP contribution in [0.4, 0.5) is 11.6 Å². The van der Waals surface area contributed by atoms with E-state index in [0.717, 1.165) is 0 Å². The van der Waals surface area contributed by atoms with E-state index >= 15 is 0 Å². The number of anilines is 2. The fraction of sp³-hybridized carbons (Fsp3) is 0.545. The van der Waals surface area contributed by atoms with Crippen molar-refractivity contribution in [1.82, 2.24) is 4.98 Å². The molecule has 2 heterocycles. The van der Waals surface area contributed by atoms with Crippen LogP contribution in [0.15, 0.2) is 18.2 Å². The molecule has 5 heteroatoms. The highest BCUT2D eigenvalue weighted by Crippen LogP contribution is 2.25. The molecule has 2 rings (SSSR count). The number of nitrogens with two attached hydrogens (primary N) is 1. The van der Waals surface area contributed by atoms with E-state index in [1.165, 1.54) is 0 Å². The van der Waals surface area contributed by atoms with Gasteiger partial charge in [0.25, 0.3) is 0 Å². The fourth-order valence-electron chi connectivity index (χ4n) is 1.80. The van der Waals surface area contributed by atoms with Crippen molar-refractivity contribution < 1.29 is 9.84 Å². The van der Waals surface area contributed by atoms with Gasteiger partial charge in [0.05, 0.1) is 6.10 Å². The molecule has 1 aliphatic rings. The van der Waals surface area contributed by atoms with Crippen LogP contribution in [-0.4, -0.2) is 34.9 Å². The van der Waals surface area contributed by atoms with Crippen molar-refractivity contribution in [3.63, 3.8) is 0 Å². The number of aliphatic hydroxyl groups is 1. The summed E-state index contributed by atoms with van der Waals surface area (Å²) < 4.78 is 5.35. The molecular weight excluding hydrogens is 206 g/mol. The highest BCUT2D eigenvalue weighted by molar-refractivity contribution is 5.42. The molecule has 2 unspecified atom stereocenters. The highest BCUT2D eigenvalue weighted by atomic mass is 16.5. The van der Waals surface area contributed by atoms with Gasteiger partial charge in [-0.3, -0.25) is 0 Å². The molecule has 0 aromatic carbocycles. The van der Waals surface area contributed by atoms with E-state index in [1.807, 2.05) is 19.1 Å². The Bertz CT molecular complexity index is 372. The number of pyridine rings is 1. The van der Waals surface area contributed by atoms with Crippen LogP contribution in [-0.2, 0) is 4.74 Å². The number of ether oxygens (including phenoxy) is 1. The van der Waals surface area contributed by atoms with Crippen molar-refractivity contribution in [3.8, 4) is 0 Å². The molecule has 0 aliphatic carbocycles. The maximum Gasteiger partial charge on any atom is 0.128 e. The van der Waals surface area contributed by atoms with Gasteiger partial charge in [-0.15, -0.1) is 0 Å². The monoisotopic (exact) mass is 223 g/mol. The minimum atomic E-state index is -0.813. The predicted octanol–water partition coefficient (Wildman–Crippen LogP) is 0.616. The minimum absolute atomic E-state index is 0.152. The molecule has 1 aromatic heterocycles. The molecule has 0 spiro atoms. The second-order valence-electron chi connectivity index (χ2n) is 4.17. The minimum Gasteiger partial charge on any atom is -0.385 e. The number of hydrogen-bond acceptors (Lipinski definition) is 5. The summed E-state index contributed by atoms with van der Waals surface area (Å²) in [5.74, 6) is 1.14. The zero-order valence-electron chi connectivity index (χ0n) is 9.31. The van der Waals surface area contributed by atoms with E-state index < -0.39 is 5.60 Å². The van der Waals surface area contributed by atoms with Crippen LogP contribution in [0.5, 0.6) is 0 Å². The largest absolute Gasteiger partial charge is 0.385 e. The molecule has 1 aliphatic heterocycles. The molecule has 0 bridgehead atoms. The third-order valence-electron chi connectivity index (χ3n) is 3.01. The highest BCUT2D eigenvalue weighted by Gasteiger charge is 2.39. The first-order valence-corrected chi connectivity index (χ1v) is 5.40. The van der Waals surface area contributed by atoms with Crippen molar-refractivity contribution in [2.24, 2.45) is 0 Å². The van der Waals surface area contributed by atoms with Crippen LogP contribution in [0.25, 0.3) is 0 Å². The van der Waals surface area contributed by atoms with Gasteiger partial charge in [0.15, 0.2) is 0 Å². The van der Waals surface area contributed by atoms with Gasteiger partial charge >= 0.3 is 0 Å². The molecule has 4 N–H and O–H groups in total. The van der Waals surface area contributed by atoms with Crippen LogP contribution in [0, 0.1) is 0 Å². The summed E-state index contributed by atoms with van der Waals surface area (Å²) >= 11 is 0. The Morgan fingerprint density at radius 2 is 2.50 bits per heavy atom. The lowest BCUT2D eigenvalue weighted by Gasteiger charge is -2.26. The van der Waals surface area contributed by atoms with E-state index in [4.69, 9.17) is 10.5 Å². The van der Waals surface area contributed by atoms with E-state index in [2.05, 4.69) is 10.3 Å². The van der Waals surface area contributed by atoms with E-state index in [9.17, 15) is 5.11 Å². The number of aromatic nitrogens is 1. The normalized spacial score (nSPS) is 29.2. The summed E-state index contributed by atoms with van der Waals surface area (Å²) in [5, 5.41) is 13.3. The van der Waals surface area contributed by atoms with Gasteiger partial charge < -0.3 is 20.9 Å². The summed E-state index contributed by atoms with van der Waals surface area (Å²) in [6, 6.07) is 5.37. The van der Waals surface area contributed by atoms with Gasteiger partial charge in [0, 0.05) is 19.6 Å². The zero-order valence-corrected chi connectivity index (χ0v) is 9.31. The lowest BCUT2D eigenvalue weighted by molar-refractivity contribution is -0.0176. The zero-order chi connectivity index (χ0) is 11.6. The summed E-state index contributed by atoms with van der Waals surface area (Å²) in [6.45, 7) is 2.90. The van der Waals surface area contributed by atoms with Gasteiger partial charge in [0.2, 0.25) is 0 Å². The molecule has 1 aromatic rings. The molecule has 5 nitrogen and oxygen atoms in total. The van der Waals surface area contributed by atoms with Crippen molar-refractivity contribution in [1.29, 1.82) is 0 Å². The molecule has 0 radical (unpaired) electrons. The van der Waals surface area contributed by atoms with E-state index in [1.54, 1.807) is 6.07 Å². The lowest BCUT2D eigenvalue weighted by atomic mass is 9.97. The Morgan fingerprint density at radius 3 is 3.12 bits per heavy atom. The quantitative estimate of drug-likeness (QED) is 0.699. The van der Waals surface area contributed by atoms with Crippen LogP contribution < -0.4 is 11.1 Å². The van der Waals surface area contributed by atoms with Gasteiger partial charge in [-0.05, 0) is 19.1 Å². The van der Waals surface area contributed by atoms with Gasteiger partial charge in [-0.25, -0.2) is 4.98 Å². The first-order valence-electron chi connectivity index (χ1n) is 5.40. The molecule has 2 atom stereocenters. The van der Waals surface area contributed by atoms with Crippen molar-refractivity contribution in [3.05, 3.63) is 18.2 Å². The third-order valence-corrected chi connectivity index (χ3v) is 3.01. The van der Waals surface area contributed by atoms with Gasteiger partial charge in [-0.1, -0.05) is 6.07 Å². The molecule has 16 heavy (non-hydrogen) atoms. The topological polar surface area (TPSA) is 80.4 Å². The van der Waals surface area contributed by atoms with Crippen molar-refractivity contribution >= 4 is 11.6 Å². The summed E-state index contributed by atoms with van der Waals surface area (Å²) in [5.41, 5.74) is 4.75. The maximum atomic E-state index is 10.2. The second kappa shape index (κ2) is 4.27. The fourth-order valence-corrected chi connectivity index (χ4v) is 1.80.